The molecule has 13 heavy (non-hydrogen) atoms. The molecule has 0 N–H and O–H groups in total. The number of nitrogens with zero attached hydrogens (tertiary/aromatic N) is 2. The summed E-state index contributed by atoms with van der Waals surface area (Å²) >= 11 is 0. The molecule has 0 amide bonds. The highest BCUT2D eigenvalue weighted by atomic mass is 127. The van der Waals surface area contributed by atoms with E-state index in [0.717, 1.165) is 5.82 Å². The van der Waals surface area contributed by atoms with Crippen LogP contribution in [0.4, 0.5) is 0 Å². The Morgan fingerprint density at radius 2 is 2.15 bits per heavy atom. The van der Waals surface area contributed by atoms with Gasteiger partial charge in [0.25, 0.3) is 5.82 Å². The topological polar surface area (TPSA) is 43.0 Å². The molecule has 0 bridgehead atoms. The number of hydrogen-bond donors (Lipinski definition) is 0. The lowest BCUT2D eigenvalue weighted by atomic mass is 10.6. The normalized spacial score (nSPS) is 9.92. The van der Waals surface area contributed by atoms with Crippen LogP contribution in [0.25, 0.3) is 5.69 Å². The third kappa shape index (κ3) is 1.55. The van der Waals surface area contributed by atoms with E-state index in [9.17, 15) is 9.59 Å². The Balaban J connectivity index is 0.000000845. The van der Waals surface area contributed by atoms with Gasteiger partial charge in [0, 0.05) is 13.0 Å². The van der Waals surface area contributed by atoms with Crippen LogP contribution in [-0.4, -0.2) is 11.0 Å². The fourth-order valence-electron chi connectivity index (χ4n) is 1.12. The molecule has 0 spiro atoms. The summed E-state index contributed by atoms with van der Waals surface area (Å²) in [4.78, 5) is 21.1. The Hall–Kier alpha value is -0.980. The zero-order valence-corrected chi connectivity index (χ0v) is 9.06. The SMILES string of the molecule is Cc1n(C=O)cc[n+]1-c1cc1=O.[I-]. The number of carbonyl (C=O) groups excluding carboxylic acids is 1. The van der Waals surface area contributed by atoms with Gasteiger partial charge in [-0.3, -0.25) is 9.59 Å². The summed E-state index contributed by atoms with van der Waals surface area (Å²) in [7, 11) is 0. The molecule has 0 atom stereocenters. The third-order valence-corrected chi connectivity index (χ3v) is 1.91. The molecule has 0 radical (unpaired) electrons. The molecule has 0 fully saturated rings. The van der Waals surface area contributed by atoms with Gasteiger partial charge in [0.2, 0.25) is 5.43 Å². The van der Waals surface area contributed by atoms with Gasteiger partial charge in [-0.25, -0.2) is 0 Å². The molecule has 0 unspecified atom stereocenters. The molecule has 0 saturated heterocycles. The number of imidazole rings is 1. The van der Waals surface area contributed by atoms with Gasteiger partial charge in [0.15, 0.2) is 5.69 Å². The minimum Gasteiger partial charge on any atom is -1.00 e. The van der Waals surface area contributed by atoms with Crippen molar-refractivity contribution in [2.75, 3.05) is 0 Å². The summed E-state index contributed by atoms with van der Waals surface area (Å²) in [6, 6.07) is 1.53. The highest BCUT2D eigenvalue weighted by Gasteiger charge is 2.21. The van der Waals surface area contributed by atoms with Crippen molar-refractivity contribution >= 4 is 6.41 Å². The van der Waals surface area contributed by atoms with Gasteiger partial charge in [-0.05, 0) is 0 Å². The van der Waals surface area contributed by atoms with E-state index in [4.69, 9.17) is 0 Å². The van der Waals surface area contributed by atoms with Crippen LogP contribution in [0.3, 0.4) is 0 Å². The van der Waals surface area contributed by atoms with Gasteiger partial charge in [-0.2, -0.15) is 9.13 Å². The van der Waals surface area contributed by atoms with Crippen molar-refractivity contribution in [1.29, 1.82) is 0 Å². The second kappa shape index (κ2) is 3.41. The molecule has 5 heteroatoms. The highest BCUT2D eigenvalue weighted by Crippen LogP contribution is 1.98. The maximum absolute atomic E-state index is 10.7. The van der Waals surface area contributed by atoms with E-state index < -0.39 is 0 Å². The lowest BCUT2D eigenvalue weighted by Gasteiger charge is -1.86. The monoisotopic (exact) mass is 290 g/mol. The number of hydrogen-bond acceptors (Lipinski definition) is 2. The average Bonchev–Trinajstić information content (AvgIpc) is 2.63. The molecule has 2 rings (SSSR count). The lowest BCUT2D eigenvalue weighted by Crippen LogP contribution is -3.00. The maximum atomic E-state index is 10.7. The summed E-state index contributed by atoms with van der Waals surface area (Å²) < 4.78 is 3.11. The van der Waals surface area contributed by atoms with Crippen molar-refractivity contribution < 1.29 is 33.3 Å². The predicted molar refractivity (Wildman–Crippen MR) is 41.5 cm³/mol. The van der Waals surface area contributed by atoms with E-state index >= 15 is 0 Å². The van der Waals surface area contributed by atoms with Crippen LogP contribution in [0.1, 0.15) is 5.82 Å². The van der Waals surface area contributed by atoms with E-state index in [1.54, 1.807) is 23.9 Å². The van der Waals surface area contributed by atoms with Crippen LogP contribution in [0.15, 0.2) is 23.3 Å². The first-order valence-corrected chi connectivity index (χ1v) is 3.55. The number of rotatable bonds is 2. The zero-order valence-electron chi connectivity index (χ0n) is 6.90. The Morgan fingerprint density at radius 1 is 1.54 bits per heavy atom. The smallest absolute Gasteiger partial charge is 0.302 e. The first kappa shape index (κ1) is 10.1. The molecule has 0 saturated carbocycles. The highest BCUT2D eigenvalue weighted by molar-refractivity contribution is 5.52. The molecule has 0 aliphatic carbocycles. The van der Waals surface area contributed by atoms with E-state index in [0.29, 0.717) is 12.1 Å². The third-order valence-electron chi connectivity index (χ3n) is 1.91. The van der Waals surface area contributed by atoms with Crippen LogP contribution >= 0.6 is 0 Å². The lowest BCUT2D eigenvalue weighted by molar-refractivity contribution is -0.598. The largest absolute Gasteiger partial charge is 1.00 e. The summed E-state index contributed by atoms with van der Waals surface area (Å²) in [5.74, 6) is 0.738. The molecular formula is C8H7IN2O2. The van der Waals surface area contributed by atoms with Crippen molar-refractivity contribution in [1.82, 2.24) is 4.57 Å². The van der Waals surface area contributed by atoms with E-state index in [1.807, 2.05) is 0 Å². The number of halogens is 1. The van der Waals surface area contributed by atoms with E-state index in [2.05, 4.69) is 0 Å². The molecule has 0 aliphatic rings. The van der Waals surface area contributed by atoms with Crippen molar-refractivity contribution in [2.45, 2.75) is 6.92 Å². The molecular weight excluding hydrogens is 283 g/mol. The summed E-state index contributed by atoms with van der Waals surface area (Å²) in [5, 5.41) is 0. The fourth-order valence-corrected chi connectivity index (χ4v) is 1.12. The second-order valence-corrected chi connectivity index (χ2v) is 2.62. The Kier molecular flexibility index (Phi) is 2.65. The van der Waals surface area contributed by atoms with Crippen LogP contribution in [0.2, 0.25) is 0 Å². The minimum absolute atomic E-state index is 0. The summed E-state index contributed by atoms with van der Waals surface area (Å²) in [5.41, 5.74) is 0.680. The molecule has 4 nitrogen and oxygen atoms in total. The zero-order chi connectivity index (χ0) is 8.72. The Bertz CT molecular complexity index is 451. The molecule has 1 heterocycles. The minimum atomic E-state index is 0. The average molecular weight is 290 g/mol. The summed E-state index contributed by atoms with van der Waals surface area (Å²) in [6.07, 6.45) is 4.02. The first-order valence-electron chi connectivity index (χ1n) is 3.55. The van der Waals surface area contributed by atoms with E-state index in [-0.39, 0.29) is 29.4 Å². The number of carbonyl (C=O) groups is 1. The van der Waals surface area contributed by atoms with Gasteiger partial charge in [0.05, 0.1) is 0 Å². The fraction of sp³-hybridized carbons (Fsp3) is 0.125. The van der Waals surface area contributed by atoms with Gasteiger partial charge >= 0.3 is 6.41 Å². The van der Waals surface area contributed by atoms with Gasteiger partial charge < -0.3 is 24.0 Å². The molecule has 0 aliphatic heterocycles. The first-order chi connectivity index (χ1) is 5.74. The Morgan fingerprint density at radius 3 is 2.54 bits per heavy atom. The van der Waals surface area contributed by atoms with Crippen molar-refractivity contribution in [3.8, 4) is 5.69 Å². The molecule has 68 valence electrons. The second-order valence-electron chi connectivity index (χ2n) is 2.62. The standard InChI is InChI=1S/C8H7N2O2.HI/c1-6-9(5-11)2-3-10(6)7-4-8(7)12;/h2-5H,1H3;1H/q+1;/p-1. The van der Waals surface area contributed by atoms with Gasteiger partial charge in [-0.1, -0.05) is 0 Å². The predicted octanol–water partition coefficient (Wildman–Crippen LogP) is -3.65. The van der Waals surface area contributed by atoms with Crippen LogP contribution in [0, 0.1) is 6.92 Å². The van der Waals surface area contributed by atoms with E-state index in [1.165, 1.54) is 10.6 Å². The van der Waals surface area contributed by atoms with Crippen LogP contribution < -0.4 is 34.0 Å². The molecule has 2 aromatic rings. The molecule has 1 aromatic carbocycles. The quantitative estimate of drug-likeness (QED) is 0.325. The van der Waals surface area contributed by atoms with Crippen molar-refractivity contribution in [3.63, 3.8) is 0 Å². The van der Waals surface area contributed by atoms with Crippen LogP contribution in [0.5, 0.6) is 0 Å². The Labute approximate surface area is 91.5 Å². The maximum Gasteiger partial charge on any atom is 0.302 e. The van der Waals surface area contributed by atoms with Gasteiger partial charge in [0.1, 0.15) is 12.4 Å². The number of aromatic nitrogens is 2. The van der Waals surface area contributed by atoms with Crippen LogP contribution in [-0.2, 0) is 4.79 Å². The van der Waals surface area contributed by atoms with Gasteiger partial charge in [-0.15, -0.1) is 0 Å². The summed E-state index contributed by atoms with van der Waals surface area (Å²) in [6.45, 7) is 1.78. The van der Waals surface area contributed by atoms with Crippen molar-refractivity contribution in [2.24, 2.45) is 0 Å². The van der Waals surface area contributed by atoms with Crippen molar-refractivity contribution in [3.05, 3.63) is 34.5 Å². The molecule has 1 aromatic heterocycles.